The third-order valence-electron chi connectivity index (χ3n) is 3.24. The summed E-state index contributed by atoms with van der Waals surface area (Å²) in [6.45, 7) is 1.64. The van der Waals surface area contributed by atoms with Crippen LogP contribution in [-0.4, -0.2) is 32.5 Å². The van der Waals surface area contributed by atoms with E-state index in [4.69, 9.17) is 5.53 Å². The van der Waals surface area contributed by atoms with E-state index in [0.717, 1.165) is 19.3 Å². The first-order valence-corrected chi connectivity index (χ1v) is 9.67. The van der Waals surface area contributed by atoms with Gasteiger partial charge in [0.2, 0.25) is 4.71 Å². The van der Waals surface area contributed by atoms with Crippen molar-refractivity contribution in [1.29, 1.82) is 0 Å². The van der Waals surface area contributed by atoms with Crippen molar-refractivity contribution < 1.29 is 16.8 Å². The fourth-order valence-corrected chi connectivity index (χ4v) is 7.17. The van der Waals surface area contributed by atoms with Crippen LogP contribution in [0, 0.1) is 0 Å². The van der Waals surface area contributed by atoms with Crippen LogP contribution in [0.4, 0.5) is 0 Å². The molecule has 1 atom stereocenters. The molecule has 110 valence electrons. The predicted molar refractivity (Wildman–Crippen MR) is 72.8 cm³/mol. The zero-order chi connectivity index (χ0) is 14.5. The van der Waals surface area contributed by atoms with Crippen LogP contribution in [0.1, 0.15) is 45.4 Å². The number of azide groups is 1. The molecule has 0 aliphatic heterocycles. The molecule has 0 radical (unpaired) electrons. The van der Waals surface area contributed by atoms with Gasteiger partial charge in [-0.1, -0.05) is 31.3 Å². The molecule has 1 unspecified atom stereocenters. The second-order valence-corrected chi connectivity index (χ2v) is 9.50. The van der Waals surface area contributed by atoms with Gasteiger partial charge in [-0.3, -0.25) is 0 Å². The minimum atomic E-state index is -3.97. The fourth-order valence-electron chi connectivity index (χ4n) is 2.33. The van der Waals surface area contributed by atoms with Crippen molar-refractivity contribution in [1.82, 2.24) is 0 Å². The van der Waals surface area contributed by atoms with Crippen molar-refractivity contribution >= 4 is 19.7 Å². The van der Waals surface area contributed by atoms with Crippen LogP contribution in [0.25, 0.3) is 10.4 Å². The van der Waals surface area contributed by atoms with E-state index in [1.807, 2.05) is 0 Å². The maximum absolute atomic E-state index is 12.4. The highest BCUT2D eigenvalue weighted by Gasteiger charge is 2.41. The second kappa shape index (κ2) is 6.58. The van der Waals surface area contributed by atoms with Gasteiger partial charge in [0.15, 0.2) is 19.7 Å². The number of hydrogen-bond acceptors (Lipinski definition) is 5. The summed E-state index contributed by atoms with van der Waals surface area (Å²) in [6, 6.07) is 0. The van der Waals surface area contributed by atoms with E-state index in [2.05, 4.69) is 10.0 Å². The lowest BCUT2D eigenvalue weighted by molar-refractivity contribution is 0.481. The van der Waals surface area contributed by atoms with E-state index in [1.54, 1.807) is 6.92 Å². The van der Waals surface area contributed by atoms with Gasteiger partial charge in [0.25, 0.3) is 0 Å². The van der Waals surface area contributed by atoms with Gasteiger partial charge in [0.05, 0.1) is 11.0 Å². The van der Waals surface area contributed by atoms with E-state index in [9.17, 15) is 16.8 Å². The van der Waals surface area contributed by atoms with Crippen LogP contribution in [0.15, 0.2) is 5.11 Å². The summed E-state index contributed by atoms with van der Waals surface area (Å²) >= 11 is 0. The Kier molecular flexibility index (Phi) is 5.64. The third-order valence-corrected chi connectivity index (χ3v) is 8.67. The molecule has 0 aromatic rings. The summed E-state index contributed by atoms with van der Waals surface area (Å²) in [6.07, 6.45) is 3.67. The first-order chi connectivity index (χ1) is 8.86. The minimum Gasteiger partial charge on any atom is -0.227 e. The lowest BCUT2D eigenvalue weighted by Crippen LogP contribution is -2.38. The number of sulfone groups is 2. The summed E-state index contributed by atoms with van der Waals surface area (Å²) in [5.41, 5.74) is 8.46. The summed E-state index contributed by atoms with van der Waals surface area (Å²) in [7, 11) is -7.92. The van der Waals surface area contributed by atoms with Crippen LogP contribution < -0.4 is 0 Å². The Balaban J connectivity index is 3.14. The molecule has 0 aromatic carbocycles. The highest BCUT2D eigenvalue weighted by atomic mass is 32.3. The van der Waals surface area contributed by atoms with Crippen molar-refractivity contribution in [3.8, 4) is 0 Å². The average Bonchev–Trinajstić information content (AvgIpc) is 2.36. The van der Waals surface area contributed by atoms with Gasteiger partial charge in [-0.2, -0.15) is 0 Å². The maximum Gasteiger partial charge on any atom is 0.240 e. The Bertz CT molecular complexity index is 543. The molecular formula is C10H19N3O4S2. The summed E-state index contributed by atoms with van der Waals surface area (Å²) in [5.74, 6) is -0.289. The molecule has 7 nitrogen and oxygen atoms in total. The number of nitrogens with zero attached hydrogens (tertiary/aromatic N) is 3. The Morgan fingerprint density at radius 3 is 2.26 bits per heavy atom. The molecule has 0 N–H and O–H groups in total. The lowest BCUT2D eigenvalue weighted by atomic mass is 10.0. The predicted octanol–water partition coefficient (Wildman–Crippen LogP) is 2.15. The van der Waals surface area contributed by atoms with Gasteiger partial charge in [0.1, 0.15) is 0 Å². The average molecular weight is 309 g/mol. The van der Waals surface area contributed by atoms with Crippen molar-refractivity contribution in [3.63, 3.8) is 0 Å². The summed E-state index contributed by atoms with van der Waals surface area (Å²) in [5, 5.41) is 2.36. The third kappa shape index (κ3) is 3.84. The first kappa shape index (κ1) is 16.3. The topological polar surface area (TPSA) is 117 Å². The molecule has 0 saturated heterocycles. The Morgan fingerprint density at radius 1 is 1.21 bits per heavy atom. The fraction of sp³-hybridized carbons (Fsp3) is 1.00. The SMILES string of the molecule is CCCS(=O)(=O)C(N=[N+]=[N-])S(=O)(=O)C1CCCCC1. The Morgan fingerprint density at radius 2 is 1.79 bits per heavy atom. The van der Waals surface area contributed by atoms with Gasteiger partial charge in [-0.05, 0) is 24.8 Å². The molecule has 1 aliphatic rings. The van der Waals surface area contributed by atoms with Gasteiger partial charge in [-0.15, -0.1) is 0 Å². The molecule has 1 fully saturated rings. The number of rotatable bonds is 6. The van der Waals surface area contributed by atoms with E-state index in [-0.39, 0.29) is 5.75 Å². The largest absolute Gasteiger partial charge is 0.240 e. The molecule has 0 bridgehead atoms. The lowest BCUT2D eigenvalue weighted by Gasteiger charge is -2.24. The minimum absolute atomic E-state index is 0.289. The standard InChI is InChI=1S/C10H19N3O4S2/c1-2-8-18(14,15)10(12-13-11)19(16,17)9-6-4-3-5-7-9/h9-10H,2-8H2,1H3. The van der Waals surface area contributed by atoms with E-state index in [1.165, 1.54) is 0 Å². The zero-order valence-corrected chi connectivity index (χ0v) is 12.5. The monoisotopic (exact) mass is 309 g/mol. The van der Waals surface area contributed by atoms with Crippen molar-refractivity contribution in [3.05, 3.63) is 10.4 Å². The van der Waals surface area contributed by atoms with Gasteiger partial charge < -0.3 is 0 Å². The summed E-state index contributed by atoms with van der Waals surface area (Å²) in [4.78, 5) is 2.41. The molecule has 1 aliphatic carbocycles. The molecular weight excluding hydrogens is 290 g/mol. The van der Waals surface area contributed by atoms with E-state index < -0.39 is 29.6 Å². The van der Waals surface area contributed by atoms with Gasteiger partial charge in [0, 0.05) is 4.91 Å². The van der Waals surface area contributed by atoms with Crippen LogP contribution in [0.2, 0.25) is 0 Å². The normalized spacial score (nSPS) is 19.6. The van der Waals surface area contributed by atoms with Gasteiger partial charge in [-0.25, -0.2) is 16.8 Å². The Labute approximate surface area is 113 Å². The molecule has 1 rings (SSSR count). The van der Waals surface area contributed by atoms with Gasteiger partial charge >= 0.3 is 0 Å². The molecule has 0 aromatic heterocycles. The molecule has 19 heavy (non-hydrogen) atoms. The highest BCUT2D eigenvalue weighted by molar-refractivity contribution is 8.09. The van der Waals surface area contributed by atoms with Crippen molar-refractivity contribution in [2.75, 3.05) is 5.75 Å². The van der Waals surface area contributed by atoms with Crippen LogP contribution in [-0.2, 0) is 19.7 Å². The molecule has 0 heterocycles. The molecule has 1 saturated carbocycles. The van der Waals surface area contributed by atoms with E-state index in [0.29, 0.717) is 19.3 Å². The number of hydrogen-bond donors (Lipinski definition) is 0. The second-order valence-electron chi connectivity index (χ2n) is 4.73. The molecule has 0 spiro atoms. The molecule has 0 amide bonds. The first-order valence-electron chi connectivity index (χ1n) is 6.34. The van der Waals surface area contributed by atoms with Crippen molar-refractivity contribution in [2.45, 2.75) is 55.4 Å². The van der Waals surface area contributed by atoms with Crippen molar-refractivity contribution in [2.24, 2.45) is 5.11 Å². The summed E-state index contributed by atoms with van der Waals surface area (Å²) < 4.78 is 46.7. The van der Waals surface area contributed by atoms with Crippen LogP contribution in [0.3, 0.4) is 0 Å². The van der Waals surface area contributed by atoms with Crippen LogP contribution >= 0.6 is 0 Å². The van der Waals surface area contributed by atoms with Crippen LogP contribution in [0.5, 0.6) is 0 Å². The highest BCUT2D eigenvalue weighted by Crippen LogP contribution is 2.29. The van der Waals surface area contributed by atoms with E-state index >= 15 is 0 Å². The molecule has 9 heteroatoms. The zero-order valence-electron chi connectivity index (χ0n) is 10.9. The maximum atomic E-state index is 12.4. The smallest absolute Gasteiger partial charge is 0.227 e. The quantitative estimate of drug-likeness (QED) is 0.424. The Hall–Kier alpha value is -0.790.